The molecule has 3 nitrogen and oxygen atoms in total. The summed E-state index contributed by atoms with van der Waals surface area (Å²) in [6, 6.07) is 11.3. The molecule has 0 amide bonds. The number of rotatable bonds is 4. The molecule has 0 radical (unpaired) electrons. The Balaban J connectivity index is 2.09. The molecule has 0 saturated heterocycles. The molecule has 22 heavy (non-hydrogen) atoms. The Hall–Kier alpha value is -2.50. The first-order valence-electron chi connectivity index (χ1n) is 6.38. The normalized spacial score (nSPS) is 11.1. The second-order valence-electron chi connectivity index (χ2n) is 4.47. The monoisotopic (exact) mass is 310 g/mol. The van der Waals surface area contributed by atoms with Gasteiger partial charge in [0.1, 0.15) is 12.4 Å². The maximum absolute atomic E-state index is 12.8. The number of carbonyl (C=O) groups is 1. The van der Waals surface area contributed by atoms with Gasteiger partial charge in [-0.2, -0.15) is 13.2 Å². The van der Waals surface area contributed by atoms with Crippen LogP contribution in [0.2, 0.25) is 0 Å². The highest BCUT2D eigenvalue weighted by molar-refractivity contribution is 5.89. The molecule has 0 fully saturated rings. The second-order valence-corrected chi connectivity index (χ2v) is 4.47. The average molecular weight is 310 g/mol. The molecule has 0 aromatic heterocycles. The zero-order valence-electron chi connectivity index (χ0n) is 11.7. The second kappa shape index (κ2) is 6.51. The minimum atomic E-state index is -4.47. The van der Waals surface area contributed by atoms with Crippen LogP contribution in [0.1, 0.15) is 21.5 Å². The number of esters is 1. The van der Waals surface area contributed by atoms with Crippen molar-refractivity contribution in [2.24, 2.45) is 0 Å². The highest BCUT2D eigenvalue weighted by Gasteiger charge is 2.33. The standard InChI is InChI=1S/C16H13F3O3/c1-21-15(20)12-8-6-11(7-9-12)10-22-14-5-3-2-4-13(14)16(17,18)19/h2-9H,10H2,1H3. The van der Waals surface area contributed by atoms with Gasteiger partial charge in [0.15, 0.2) is 0 Å². The summed E-state index contributed by atoms with van der Waals surface area (Å²) in [5.41, 5.74) is 0.188. The van der Waals surface area contributed by atoms with E-state index in [-0.39, 0.29) is 12.4 Å². The molecule has 0 aliphatic heterocycles. The maximum atomic E-state index is 12.8. The molecular weight excluding hydrogens is 297 g/mol. The molecule has 0 bridgehead atoms. The lowest BCUT2D eigenvalue weighted by Crippen LogP contribution is -2.08. The molecule has 0 spiro atoms. The van der Waals surface area contributed by atoms with E-state index < -0.39 is 17.7 Å². The van der Waals surface area contributed by atoms with Crippen LogP contribution in [0.4, 0.5) is 13.2 Å². The van der Waals surface area contributed by atoms with Crippen molar-refractivity contribution in [2.75, 3.05) is 7.11 Å². The van der Waals surface area contributed by atoms with Crippen LogP contribution in [0.5, 0.6) is 5.75 Å². The summed E-state index contributed by atoms with van der Waals surface area (Å²) < 4.78 is 48.3. The number of alkyl halides is 3. The minimum Gasteiger partial charge on any atom is -0.488 e. The number of para-hydroxylation sites is 1. The first kappa shape index (κ1) is 15.9. The van der Waals surface area contributed by atoms with E-state index in [2.05, 4.69) is 4.74 Å². The van der Waals surface area contributed by atoms with Crippen LogP contribution in [-0.4, -0.2) is 13.1 Å². The number of carbonyl (C=O) groups excluding carboxylic acids is 1. The molecule has 0 atom stereocenters. The Labute approximate surface area is 125 Å². The number of benzene rings is 2. The lowest BCUT2D eigenvalue weighted by Gasteiger charge is -2.13. The van der Waals surface area contributed by atoms with Crippen LogP contribution in [0.3, 0.4) is 0 Å². The van der Waals surface area contributed by atoms with Gasteiger partial charge in [0.2, 0.25) is 0 Å². The van der Waals surface area contributed by atoms with E-state index >= 15 is 0 Å². The van der Waals surface area contributed by atoms with Crippen molar-refractivity contribution in [1.82, 2.24) is 0 Å². The lowest BCUT2D eigenvalue weighted by atomic mass is 10.1. The zero-order chi connectivity index (χ0) is 16.2. The average Bonchev–Trinajstić information content (AvgIpc) is 2.52. The third-order valence-electron chi connectivity index (χ3n) is 2.96. The van der Waals surface area contributed by atoms with Gasteiger partial charge in [-0.05, 0) is 29.8 Å². The summed E-state index contributed by atoms with van der Waals surface area (Å²) in [6.07, 6.45) is -4.47. The Bertz CT molecular complexity index is 648. The number of hydrogen-bond acceptors (Lipinski definition) is 3. The van der Waals surface area contributed by atoms with Crippen LogP contribution >= 0.6 is 0 Å². The van der Waals surface area contributed by atoms with Gasteiger partial charge in [-0.15, -0.1) is 0 Å². The number of ether oxygens (including phenoxy) is 2. The van der Waals surface area contributed by atoms with Crippen molar-refractivity contribution in [3.8, 4) is 5.75 Å². The topological polar surface area (TPSA) is 35.5 Å². The summed E-state index contributed by atoms with van der Waals surface area (Å²) in [7, 11) is 1.27. The van der Waals surface area contributed by atoms with Gasteiger partial charge in [0, 0.05) is 0 Å². The van der Waals surface area contributed by atoms with E-state index in [1.807, 2.05) is 0 Å². The van der Waals surface area contributed by atoms with E-state index in [4.69, 9.17) is 4.74 Å². The molecule has 6 heteroatoms. The van der Waals surface area contributed by atoms with Crippen molar-refractivity contribution in [3.63, 3.8) is 0 Å². The minimum absolute atomic E-state index is 0.0332. The molecule has 2 aromatic rings. The van der Waals surface area contributed by atoms with E-state index in [1.165, 1.54) is 37.4 Å². The number of methoxy groups -OCH3 is 1. The SMILES string of the molecule is COC(=O)c1ccc(COc2ccccc2C(F)(F)F)cc1. The fourth-order valence-electron chi connectivity index (χ4n) is 1.84. The van der Waals surface area contributed by atoms with E-state index in [1.54, 1.807) is 12.1 Å². The highest BCUT2D eigenvalue weighted by atomic mass is 19.4. The van der Waals surface area contributed by atoms with Crippen LogP contribution in [0.25, 0.3) is 0 Å². The van der Waals surface area contributed by atoms with Gasteiger partial charge >= 0.3 is 12.1 Å². The third-order valence-corrected chi connectivity index (χ3v) is 2.96. The summed E-state index contributed by atoms with van der Waals surface area (Å²) in [5, 5.41) is 0. The fourth-order valence-corrected chi connectivity index (χ4v) is 1.84. The van der Waals surface area contributed by atoms with E-state index in [9.17, 15) is 18.0 Å². The lowest BCUT2D eigenvalue weighted by molar-refractivity contribution is -0.139. The molecule has 0 N–H and O–H groups in total. The molecule has 2 rings (SSSR count). The van der Waals surface area contributed by atoms with Crippen LogP contribution in [0.15, 0.2) is 48.5 Å². The van der Waals surface area contributed by atoms with E-state index in [0.29, 0.717) is 11.1 Å². The molecule has 2 aromatic carbocycles. The van der Waals surface area contributed by atoms with Crippen molar-refractivity contribution < 1.29 is 27.4 Å². The molecular formula is C16H13F3O3. The van der Waals surface area contributed by atoms with Gasteiger partial charge in [-0.3, -0.25) is 0 Å². The molecule has 116 valence electrons. The molecule has 0 unspecified atom stereocenters. The largest absolute Gasteiger partial charge is 0.488 e. The predicted octanol–water partition coefficient (Wildman–Crippen LogP) is 4.07. The third kappa shape index (κ3) is 3.78. The Morgan fingerprint density at radius 3 is 2.27 bits per heavy atom. The smallest absolute Gasteiger partial charge is 0.419 e. The van der Waals surface area contributed by atoms with E-state index in [0.717, 1.165) is 6.07 Å². The molecule has 0 aliphatic rings. The van der Waals surface area contributed by atoms with Crippen LogP contribution < -0.4 is 4.74 Å². The van der Waals surface area contributed by atoms with Gasteiger partial charge in [0.05, 0.1) is 18.2 Å². The van der Waals surface area contributed by atoms with Crippen LogP contribution in [-0.2, 0) is 17.5 Å². The molecule has 0 heterocycles. The predicted molar refractivity (Wildman–Crippen MR) is 73.6 cm³/mol. The Kier molecular flexibility index (Phi) is 4.70. The van der Waals surface area contributed by atoms with Gasteiger partial charge < -0.3 is 9.47 Å². The molecule has 0 saturated carbocycles. The summed E-state index contributed by atoms with van der Waals surface area (Å²) in [4.78, 5) is 11.3. The van der Waals surface area contributed by atoms with Gasteiger partial charge in [0.25, 0.3) is 0 Å². The Morgan fingerprint density at radius 1 is 1.05 bits per heavy atom. The Morgan fingerprint density at radius 2 is 1.68 bits per heavy atom. The quantitative estimate of drug-likeness (QED) is 0.799. The summed E-state index contributed by atoms with van der Waals surface area (Å²) in [5.74, 6) is -0.707. The number of halogens is 3. The zero-order valence-corrected chi connectivity index (χ0v) is 11.7. The molecule has 0 aliphatic carbocycles. The highest BCUT2D eigenvalue weighted by Crippen LogP contribution is 2.36. The first-order chi connectivity index (χ1) is 10.4. The fraction of sp³-hybridized carbons (Fsp3) is 0.188. The van der Waals surface area contributed by atoms with Crippen molar-refractivity contribution in [1.29, 1.82) is 0 Å². The van der Waals surface area contributed by atoms with Gasteiger partial charge in [-0.1, -0.05) is 24.3 Å². The van der Waals surface area contributed by atoms with Crippen molar-refractivity contribution in [2.45, 2.75) is 12.8 Å². The maximum Gasteiger partial charge on any atom is 0.419 e. The van der Waals surface area contributed by atoms with Gasteiger partial charge in [-0.25, -0.2) is 4.79 Å². The first-order valence-corrected chi connectivity index (χ1v) is 6.38. The number of hydrogen-bond donors (Lipinski definition) is 0. The van der Waals surface area contributed by atoms with Crippen molar-refractivity contribution >= 4 is 5.97 Å². The van der Waals surface area contributed by atoms with Crippen molar-refractivity contribution in [3.05, 3.63) is 65.2 Å². The summed E-state index contributed by atoms with van der Waals surface area (Å²) in [6.45, 7) is -0.0332. The summed E-state index contributed by atoms with van der Waals surface area (Å²) >= 11 is 0. The van der Waals surface area contributed by atoms with Crippen LogP contribution in [0, 0.1) is 0 Å².